The molecule has 2 heterocycles. The number of hydrogen-bond donors (Lipinski definition) is 0. The van der Waals surface area contributed by atoms with E-state index in [1.807, 2.05) is 48.5 Å². The van der Waals surface area contributed by atoms with Gasteiger partial charge in [-0.2, -0.15) is 0 Å². The molecule has 3 nitrogen and oxygen atoms in total. The van der Waals surface area contributed by atoms with Crippen LogP contribution in [0.25, 0.3) is 27.5 Å². The van der Waals surface area contributed by atoms with Gasteiger partial charge in [0.1, 0.15) is 0 Å². The second-order valence-corrected chi connectivity index (χ2v) is 9.68. The molecule has 0 unspecified atom stereocenters. The average molecular weight is 469 g/mol. The summed E-state index contributed by atoms with van der Waals surface area (Å²) in [6, 6.07) is 41.3. The smallest absolute Gasteiger partial charge is 0.197 e. The summed E-state index contributed by atoms with van der Waals surface area (Å²) >= 11 is 1.79. The van der Waals surface area contributed by atoms with E-state index in [9.17, 15) is 4.79 Å². The van der Waals surface area contributed by atoms with Crippen LogP contribution in [0.5, 0.6) is 0 Å². The van der Waals surface area contributed by atoms with E-state index in [0.29, 0.717) is 5.39 Å². The van der Waals surface area contributed by atoms with Gasteiger partial charge in [0.2, 0.25) is 0 Å². The van der Waals surface area contributed by atoms with Crippen molar-refractivity contribution in [3.05, 3.63) is 132 Å². The quantitative estimate of drug-likeness (QED) is 0.240. The molecule has 0 aliphatic carbocycles. The summed E-state index contributed by atoms with van der Waals surface area (Å²) in [5.74, 6) is 0. The van der Waals surface area contributed by atoms with Crippen molar-refractivity contribution >= 4 is 50.6 Å². The first-order chi connectivity index (χ1) is 17.3. The van der Waals surface area contributed by atoms with Gasteiger partial charge in [0.15, 0.2) is 5.43 Å². The molecule has 1 aliphatic rings. The molecular weight excluding hydrogens is 448 g/mol. The van der Waals surface area contributed by atoms with E-state index in [4.69, 9.17) is 0 Å². The van der Waals surface area contributed by atoms with Crippen LogP contribution in [0.15, 0.2) is 136 Å². The van der Waals surface area contributed by atoms with Crippen molar-refractivity contribution in [2.24, 2.45) is 0 Å². The largest absolute Gasteiger partial charge is 0.309 e. The van der Waals surface area contributed by atoms with Crippen LogP contribution in [0.2, 0.25) is 0 Å². The lowest BCUT2D eigenvalue weighted by Gasteiger charge is -2.33. The highest BCUT2D eigenvalue weighted by Gasteiger charge is 2.25. The van der Waals surface area contributed by atoms with Crippen LogP contribution in [0.1, 0.15) is 0 Å². The molecule has 1 aliphatic heterocycles. The van der Waals surface area contributed by atoms with Crippen molar-refractivity contribution in [2.45, 2.75) is 9.79 Å². The van der Waals surface area contributed by atoms with E-state index < -0.39 is 0 Å². The van der Waals surface area contributed by atoms with Crippen LogP contribution < -0.4 is 10.3 Å². The highest BCUT2D eigenvalue weighted by Crippen LogP contribution is 2.51. The standard InChI is InChI=1S/C31H20N2OS/c34-31-23-12-4-5-13-25(23)32(21-10-2-1-3-11-21)28-20-22(18-19-24(28)31)33-26-14-6-8-16-29(26)35-30-17-9-7-15-27(30)33/h1-20H. The number of pyridine rings is 1. The summed E-state index contributed by atoms with van der Waals surface area (Å²) in [4.78, 5) is 18.3. The third-order valence-corrected chi connectivity index (χ3v) is 7.69. The monoisotopic (exact) mass is 468 g/mol. The first kappa shape index (κ1) is 20.1. The minimum Gasteiger partial charge on any atom is -0.309 e. The Labute approximate surface area is 206 Å². The summed E-state index contributed by atoms with van der Waals surface area (Å²) < 4.78 is 2.20. The first-order valence-electron chi connectivity index (χ1n) is 11.6. The summed E-state index contributed by atoms with van der Waals surface area (Å²) in [5.41, 5.74) is 6.20. The van der Waals surface area contributed by atoms with Gasteiger partial charge in [-0.1, -0.05) is 66.4 Å². The fourth-order valence-corrected chi connectivity index (χ4v) is 6.07. The van der Waals surface area contributed by atoms with Gasteiger partial charge in [-0.05, 0) is 66.7 Å². The van der Waals surface area contributed by atoms with E-state index in [1.165, 1.54) is 9.79 Å². The molecule has 166 valence electrons. The Bertz CT molecular complexity index is 1760. The van der Waals surface area contributed by atoms with Crippen molar-refractivity contribution < 1.29 is 0 Å². The van der Waals surface area contributed by atoms with Gasteiger partial charge in [-0.25, -0.2) is 0 Å². The fraction of sp³-hybridized carbons (Fsp3) is 0. The minimum atomic E-state index is 0.0596. The molecule has 0 bridgehead atoms. The molecule has 0 N–H and O–H groups in total. The average Bonchev–Trinajstić information content (AvgIpc) is 2.92. The number of anilines is 3. The lowest BCUT2D eigenvalue weighted by molar-refractivity contribution is 1.14. The van der Waals surface area contributed by atoms with Crippen LogP contribution in [0.4, 0.5) is 17.1 Å². The van der Waals surface area contributed by atoms with Crippen LogP contribution in [-0.2, 0) is 0 Å². The van der Waals surface area contributed by atoms with E-state index >= 15 is 0 Å². The van der Waals surface area contributed by atoms with Gasteiger partial charge in [-0.3, -0.25) is 4.79 Å². The maximum atomic E-state index is 13.5. The number of nitrogens with zero attached hydrogens (tertiary/aromatic N) is 2. The SMILES string of the molecule is O=c1c2ccccc2n(-c2ccccc2)c2cc(N3c4ccccc4Sc4ccccc43)ccc12. The lowest BCUT2D eigenvalue weighted by atomic mass is 10.1. The van der Waals surface area contributed by atoms with Crippen LogP contribution in [0.3, 0.4) is 0 Å². The topological polar surface area (TPSA) is 25.2 Å². The van der Waals surface area contributed by atoms with E-state index in [2.05, 4.69) is 82.3 Å². The highest BCUT2D eigenvalue weighted by molar-refractivity contribution is 7.99. The van der Waals surface area contributed by atoms with Crippen molar-refractivity contribution in [1.82, 2.24) is 4.57 Å². The van der Waals surface area contributed by atoms with Crippen molar-refractivity contribution in [3.8, 4) is 5.69 Å². The van der Waals surface area contributed by atoms with Crippen molar-refractivity contribution in [3.63, 3.8) is 0 Å². The molecule has 4 heteroatoms. The maximum Gasteiger partial charge on any atom is 0.197 e. The molecule has 0 spiro atoms. The van der Waals surface area contributed by atoms with Gasteiger partial charge in [0.05, 0.1) is 22.4 Å². The zero-order chi connectivity index (χ0) is 23.4. The van der Waals surface area contributed by atoms with Gasteiger partial charge < -0.3 is 9.47 Å². The second kappa shape index (κ2) is 7.90. The molecule has 0 fully saturated rings. The maximum absolute atomic E-state index is 13.5. The van der Waals surface area contributed by atoms with Gasteiger partial charge in [0, 0.05) is 31.9 Å². The molecule has 1 aromatic heterocycles. The molecule has 0 saturated carbocycles. The zero-order valence-corrected chi connectivity index (χ0v) is 19.6. The van der Waals surface area contributed by atoms with Crippen molar-refractivity contribution in [1.29, 1.82) is 0 Å². The molecule has 35 heavy (non-hydrogen) atoms. The first-order valence-corrected chi connectivity index (χ1v) is 12.4. The molecule has 0 amide bonds. The molecular formula is C31H20N2OS. The highest BCUT2D eigenvalue weighted by atomic mass is 32.2. The summed E-state index contributed by atoms with van der Waals surface area (Å²) in [5, 5.41) is 1.44. The Morgan fingerprint density at radius 3 is 1.86 bits per heavy atom. The minimum absolute atomic E-state index is 0.0596. The number of aromatic nitrogens is 1. The number of rotatable bonds is 2. The Balaban J connectivity index is 1.57. The third kappa shape index (κ3) is 3.11. The number of para-hydroxylation sites is 4. The Hall–Kier alpha value is -4.28. The summed E-state index contributed by atoms with van der Waals surface area (Å²) in [6.45, 7) is 0. The van der Waals surface area contributed by atoms with Gasteiger partial charge in [-0.15, -0.1) is 0 Å². The van der Waals surface area contributed by atoms with Gasteiger partial charge >= 0.3 is 0 Å². The van der Waals surface area contributed by atoms with E-state index in [0.717, 1.165) is 39.2 Å². The normalized spacial score (nSPS) is 12.5. The Morgan fingerprint density at radius 1 is 0.514 bits per heavy atom. The van der Waals surface area contributed by atoms with E-state index in [-0.39, 0.29) is 5.43 Å². The predicted molar refractivity (Wildman–Crippen MR) is 146 cm³/mol. The van der Waals surface area contributed by atoms with Crippen LogP contribution in [0, 0.1) is 0 Å². The molecule has 6 aromatic rings. The molecule has 5 aromatic carbocycles. The number of hydrogen-bond acceptors (Lipinski definition) is 3. The Morgan fingerprint density at radius 2 is 1.11 bits per heavy atom. The van der Waals surface area contributed by atoms with Gasteiger partial charge in [0.25, 0.3) is 0 Å². The predicted octanol–water partition coefficient (Wildman–Crippen LogP) is 8.08. The summed E-state index contributed by atoms with van der Waals surface area (Å²) in [7, 11) is 0. The third-order valence-electron chi connectivity index (χ3n) is 6.56. The van der Waals surface area contributed by atoms with Crippen molar-refractivity contribution in [2.75, 3.05) is 4.90 Å². The number of benzene rings is 5. The zero-order valence-electron chi connectivity index (χ0n) is 18.8. The van der Waals surface area contributed by atoms with E-state index in [1.54, 1.807) is 11.8 Å². The number of fused-ring (bicyclic) bond motifs is 4. The molecule has 0 saturated heterocycles. The molecule has 7 rings (SSSR count). The Kier molecular flexibility index (Phi) is 4.54. The molecule has 0 radical (unpaired) electrons. The second-order valence-electron chi connectivity index (χ2n) is 8.59. The summed E-state index contributed by atoms with van der Waals surface area (Å²) in [6.07, 6.45) is 0. The molecule has 0 atom stereocenters. The lowest BCUT2D eigenvalue weighted by Crippen LogP contribution is -2.16. The van der Waals surface area contributed by atoms with Crippen LogP contribution in [-0.4, -0.2) is 4.57 Å². The van der Waals surface area contributed by atoms with Crippen LogP contribution >= 0.6 is 11.8 Å². The fourth-order valence-electron chi connectivity index (χ4n) is 5.01.